The predicted molar refractivity (Wildman–Crippen MR) is 116 cm³/mol. The number of rotatable bonds is 3. The molecule has 2 saturated heterocycles. The average Bonchev–Trinajstić information content (AvgIpc) is 2.74. The van der Waals surface area contributed by atoms with Crippen LogP contribution in [0.25, 0.3) is 0 Å². The Hall–Kier alpha value is -1.95. The van der Waals surface area contributed by atoms with Gasteiger partial charge in [0, 0.05) is 50.6 Å². The van der Waals surface area contributed by atoms with E-state index < -0.39 is 6.09 Å². The quantitative estimate of drug-likeness (QED) is 0.829. The number of amides is 1. The van der Waals surface area contributed by atoms with Crippen LogP contribution in [0.15, 0.2) is 18.2 Å². The molecule has 1 aromatic carbocycles. The van der Waals surface area contributed by atoms with Crippen molar-refractivity contribution in [3.05, 3.63) is 23.8 Å². The van der Waals surface area contributed by atoms with Gasteiger partial charge in [0.05, 0.1) is 13.2 Å². The molecule has 2 heterocycles. The van der Waals surface area contributed by atoms with Gasteiger partial charge in [-0.25, -0.2) is 4.79 Å². The van der Waals surface area contributed by atoms with Crippen molar-refractivity contribution >= 4 is 17.5 Å². The zero-order chi connectivity index (χ0) is 20.4. The molecule has 3 aliphatic rings. The van der Waals surface area contributed by atoms with E-state index >= 15 is 0 Å². The number of carboxylic acid groups (broad SMARTS) is 1. The van der Waals surface area contributed by atoms with Crippen LogP contribution in [0.3, 0.4) is 0 Å². The van der Waals surface area contributed by atoms with Gasteiger partial charge in [-0.3, -0.25) is 0 Å². The Balaban J connectivity index is 1.59. The molecule has 1 amide bonds. The lowest BCUT2D eigenvalue weighted by molar-refractivity contribution is 0.122. The Morgan fingerprint density at radius 2 is 1.66 bits per heavy atom. The molecular weight excluding hydrogens is 366 g/mol. The lowest BCUT2D eigenvalue weighted by atomic mass is 9.71. The first kappa shape index (κ1) is 20.3. The summed E-state index contributed by atoms with van der Waals surface area (Å²) in [5, 5.41) is 9.27. The summed E-state index contributed by atoms with van der Waals surface area (Å²) < 4.78 is 5.54. The number of anilines is 2. The lowest BCUT2D eigenvalue weighted by Crippen LogP contribution is -2.48. The van der Waals surface area contributed by atoms with Crippen molar-refractivity contribution in [2.75, 3.05) is 62.3 Å². The molecule has 0 radical (unpaired) electrons. The molecule has 1 aromatic rings. The summed E-state index contributed by atoms with van der Waals surface area (Å²) in [6.07, 6.45) is 4.21. The largest absolute Gasteiger partial charge is 0.465 e. The van der Waals surface area contributed by atoms with Gasteiger partial charge in [0.1, 0.15) is 0 Å². The minimum atomic E-state index is -0.804. The molecule has 0 bridgehead atoms. The minimum absolute atomic E-state index is 0.450. The second-order valence-corrected chi connectivity index (χ2v) is 9.54. The molecule has 1 saturated carbocycles. The van der Waals surface area contributed by atoms with Crippen LogP contribution in [0.4, 0.5) is 16.2 Å². The maximum absolute atomic E-state index is 11.3. The number of piperazine rings is 1. The molecule has 0 unspecified atom stereocenters. The summed E-state index contributed by atoms with van der Waals surface area (Å²) in [4.78, 5) is 17.7. The molecule has 6 heteroatoms. The van der Waals surface area contributed by atoms with E-state index in [-0.39, 0.29) is 0 Å². The van der Waals surface area contributed by atoms with E-state index in [0.717, 1.165) is 39.4 Å². The second-order valence-electron chi connectivity index (χ2n) is 9.54. The van der Waals surface area contributed by atoms with Crippen molar-refractivity contribution in [1.29, 1.82) is 0 Å². The molecule has 3 fully saturated rings. The van der Waals surface area contributed by atoms with E-state index in [1.165, 1.54) is 47.5 Å². The van der Waals surface area contributed by atoms with Crippen LogP contribution in [0.1, 0.15) is 51.0 Å². The fraction of sp³-hybridized carbons (Fsp3) is 0.696. The van der Waals surface area contributed by atoms with Gasteiger partial charge in [-0.1, -0.05) is 13.8 Å². The number of hydrogen-bond acceptors (Lipinski definition) is 4. The van der Waals surface area contributed by atoms with Crippen LogP contribution in [-0.2, 0) is 4.74 Å². The molecule has 29 heavy (non-hydrogen) atoms. The van der Waals surface area contributed by atoms with E-state index in [4.69, 9.17) is 4.74 Å². The van der Waals surface area contributed by atoms with Crippen molar-refractivity contribution in [1.82, 2.24) is 4.90 Å². The van der Waals surface area contributed by atoms with Gasteiger partial charge < -0.3 is 24.5 Å². The van der Waals surface area contributed by atoms with Gasteiger partial charge in [-0.2, -0.15) is 0 Å². The Bertz CT molecular complexity index is 712. The summed E-state index contributed by atoms with van der Waals surface area (Å²) >= 11 is 0. The van der Waals surface area contributed by atoms with Crippen LogP contribution in [0.2, 0.25) is 0 Å². The molecule has 4 rings (SSSR count). The lowest BCUT2D eigenvalue weighted by Gasteiger charge is -2.40. The first-order chi connectivity index (χ1) is 13.9. The molecule has 6 nitrogen and oxygen atoms in total. The first-order valence-corrected chi connectivity index (χ1v) is 11.1. The fourth-order valence-corrected chi connectivity index (χ4v) is 5.02. The van der Waals surface area contributed by atoms with Crippen LogP contribution in [0.5, 0.6) is 0 Å². The third kappa shape index (κ3) is 4.63. The third-order valence-electron chi connectivity index (χ3n) is 7.06. The Morgan fingerprint density at radius 1 is 1.00 bits per heavy atom. The van der Waals surface area contributed by atoms with Gasteiger partial charge in [0.15, 0.2) is 0 Å². The highest BCUT2D eigenvalue weighted by Crippen LogP contribution is 2.45. The van der Waals surface area contributed by atoms with Crippen molar-refractivity contribution in [2.24, 2.45) is 5.41 Å². The van der Waals surface area contributed by atoms with Crippen molar-refractivity contribution in [3.8, 4) is 0 Å². The molecular formula is C23H35N3O3. The normalized spacial score (nSPS) is 23.3. The second kappa shape index (κ2) is 8.42. The zero-order valence-electron chi connectivity index (χ0n) is 17.9. The molecule has 1 aliphatic carbocycles. The molecule has 2 aliphatic heterocycles. The SMILES string of the molecule is CC1(C)CCC(c2cc(N3CCOCC3)ccc2N2CCN(C(=O)O)CC2)CC1. The minimum Gasteiger partial charge on any atom is -0.465 e. The van der Waals surface area contributed by atoms with Crippen molar-refractivity contribution in [3.63, 3.8) is 0 Å². The summed E-state index contributed by atoms with van der Waals surface area (Å²) in [6, 6.07) is 6.96. The fourth-order valence-electron chi connectivity index (χ4n) is 5.02. The third-order valence-corrected chi connectivity index (χ3v) is 7.06. The summed E-state index contributed by atoms with van der Waals surface area (Å²) in [5.74, 6) is 0.594. The maximum Gasteiger partial charge on any atom is 0.407 e. The molecule has 0 aromatic heterocycles. The molecule has 0 spiro atoms. The summed E-state index contributed by atoms with van der Waals surface area (Å²) in [6.45, 7) is 11.0. The van der Waals surface area contributed by atoms with E-state index in [1.807, 2.05) is 0 Å². The first-order valence-electron chi connectivity index (χ1n) is 11.1. The van der Waals surface area contributed by atoms with E-state index in [1.54, 1.807) is 0 Å². The van der Waals surface area contributed by atoms with Gasteiger partial charge in [-0.05, 0) is 60.8 Å². The number of ether oxygens (including phenoxy) is 1. The van der Waals surface area contributed by atoms with Gasteiger partial charge in [0.2, 0.25) is 0 Å². The zero-order valence-corrected chi connectivity index (χ0v) is 17.9. The average molecular weight is 402 g/mol. The Morgan fingerprint density at radius 3 is 2.28 bits per heavy atom. The summed E-state index contributed by atoms with van der Waals surface area (Å²) in [5.41, 5.74) is 4.54. The number of carbonyl (C=O) groups is 1. The van der Waals surface area contributed by atoms with Crippen LogP contribution in [-0.4, -0.2) is 68.6 Å². The Kier molecular flexibility index (Phi) is 5.91. The van der Waals surface area contributed by atoms with Crippen LogP contribution in [0, 0.1) is 5.41 Å². The summed E-state index contributed by atoms with van der Waals surface area (Å²) in [7, 11) is 0. The topological polar surface area (TPSA) is 56.2 Å². The van der Waals surface area contributed by atoms with Gasteiger partial charge >= 0.3 is 6.09 Å². The van der Waals surface area contributed by atoms with E-state index in [0.29, 0.717) is 24.4 Å². The standard InChI is InChI=1S/C23H35N3O3/c1-23(2)7-5-18(6-8-23)20-17-19(24-13-15-29-16-14-24)3-4-21(20)25-9-11-26(12-10-25)22(27)28/h3-4,17-18H,5-16H2,1-2H3,(H,27,28). The predicted octanol–water partition coefficient (Wildman–Crippen LogP) is 4.01. The number of morpholine rings is 1. The highest BCUT2D eigenvalue weighted by molar-refractivity contribution is 5.67. The highest BCUT2D eigenvalue weighted by atomic mass is 16.5. The van der Waals surface area contributed by atoms with Gasteiger partial charge in [0.25, 0.3) is 0 Å². The monoisotopic (exact) mass is 401 g/mol. The molecule has 0 atom stereocenters. The molecule has 1 N–H and O–H groups in total. The van der Waals surface area contributed by atoms with Crippen LogP contribution < -0.4 is 9.80 Å². The van der Waals surface area contributed by atoms with E-state index in [9.17, 15) is 9.90 Å². The Labute approximate surface area is 174 Å². The van der Waals surface area contributed by atoms with Crippen LogP contribution >= 0.6 is 0 Å². The van der Waals surface area contributed by atoms with Crippen molar-refractivity contribution < 1.29 is 14.6 Å². The highest BCUT2D eigenvalue weighted by Gasteiger charge is 2.31. The molecule has 160 valence electrons. The van der Waals surface area contributed by atoms with E-state index in [2.05, 4.69) is 41.8 Å². The maximum atomic E-state index is 11.3. The smallest absolute Gasteiger partial charge is 0.407 e. The number of nitrogens with zero attached hydrogens (tertiary/aromatic N) is 3. The van der Waals surface area contributed by atoms with Crippen molar-refractivity contribution in [2.45, 2.75) is 45.4 Å². The number of benzene rings is 1. The van der Waals surface area contributed by atoms with Gasteiger partial charge in [-0.15, -0.1) is 0 Å². The number of hydrogen-bond donors (Lipinski definition) is 1.